The number of hydrogen-bond acceptors (Lipinski definition) is 3. The second-order valence-corrected chi connectivity index (χ2v) is 7.96. The first-order valence-corrected chi connectivity index (χ1v) is 10.3. The van der Waals surface area contributed by atoms with E-state index < -0.39 is 0 Å². The molecule has 0 radical (unpaired) electrons. The minimum Gasteiger partial charge on any atom is -0.374 e. The molecule has 2 N–H and O–H groups in total. The van der Waals surface area contributed by atoms with Gasteiger partial charge in [0, 0.05) is 48.6 Å². The number of nitrogens with one attached hydrogen (secondary N) is 2. The number of carbonyl (C=O) groups is 1. The van der Waals surface area contributed by atoms with Gasteiger partial charge in [0.05, 0.1) is 18.8 Å². The highest BCUT2D eigenvalue weighted by molar-refractivity contribution is 14.0. The molecular weight excluding hydrogens is 491 g/mol. The monoisotopic (exact) mass is 518 g/mol. The molecule has 3 aliphatic rings. The van der Waals surface area contributed by atoms with Crippen LogP contribution in [0.1, 0.15) is 30.1 Å². The lowest BCUT2D eigenvalue weighted by Crippen LogP contribution is -2.41. The summed E-state index contributed by atoms with van der Waals surface area (Å²) in [5.74, 6) is 2.15. The Hall–Kier alpha value is -1.06. The molecule has 3 saturated heterocycles. The van der Waals surface area contributed by atoms with Crippen LogP contribution in [0.2, 0.25) is 5.02 Å². The molecule has 3 aliphatic heterocycles. The number of rotatable bonds is 5. The number of nitrogens with zero attached hydrogens (tertiary/aromatic N) is 2. The van der Waals surface area contributed by atoms with Crippen LogP contribution in [0.25, 0.3) is 0 Å². The maximum Gasteiger partial charge on any atom is 0.251 e. The molecule has 0 spiro atoms. The summed E-state index contributed by atoms with van der Waals surface area (Å²) in [6, 6.07) is 6.90. The van der Waals surface area contributed by atoms with E-state index >= 15 is 0 Å². The number of benzene rings is 1. The van der Waals surface area contributed by atoms with Gasteiger partial charge in [0.1, 0.15) is 0 Å². The van der Waals surface area contributed by atoms with E-state index in [4.69, 9.17) is 21.3 Å². The van der Waals surface area contributed by atoms with Gasteiger partial charge in [0.25, 0.3) is 5.91 Å². The van der Waals surface area contributed by atoms with Crippen LogP contribution in [0.5, 0.6) is 0 Å². The minimum atomic E-state index is -0.101. The van der Waals surface area contributed by atoms with Crippen molar-refractivity contribution >= 4 is 47.4 Å². The van der Waals surface area contributed by atoms with Gasteiger partial charge in [0.15, 0.2) is 5.96 Å². The maximum absolute atomic E-state index is 12.2. The van der Waals surface area contributed by atoms with Crippen LogP contribution < -0.4 is 10.6 Å². The van der Waals surface area contributed by atoms with Crippen LogP contribution in [0.15, 0.2) is 29.3 Å². The number of likely N-dealkylation sites (tertiary alicyclic amines) is 1. The van der Waals surface area contributed by atoms with Crippen molar-refractivity contribution in [3.8, 4) is 0 Å². The third-order valence-electron chi connectivity index (χ3n) is 5.85. The Morgan fingerprint density at radius 1 is 1.18 bits per heavy atom. The number of ether oxygens (including phenoxy) is 1. The predicted molar refractivity (Wildman–Crippen MR) is 122 cm³/mol. The van der Waals surface area contributed by atoms with Gasteiger partial charge in [-0.05, 0) is 44.0 Å². The lowest BCUT2D eigenvalue weighted by molar-refractivity contribution is 0.0767. The quantitative estimate of drug-likeness (QED) is 0.272. The Kier molecular flexibility index (Phi) is 7.44. The van der Waals surface area contributed by atoms with E-state index in [1.807, 2.05) is 0 Å². The number of aliphatic imine (C=N–C) groups is 1. The first-order chi connectivity index (χ1) is 13.2. The van der Waals surface area contributed by atoms with Gasteiger partial charge < -0.3 is 20.3 Å². The fourth-order valence-electron chi connectivity index (χ4n) is 4.59. The molecule has 0 aliphatic carbocycles. The SMILES string of the molecule is CCNC(=NCCNC(=O)c1ccc(Cl)cc1)N1CC2C3CCC(O3)C2C1.I. The predicted octanol–water partition coefficient (Wildman–Crippen LogP) is 2.76. The van der Waals surface area contributed by atoms with Gasteiger partial charge in [-0.15, -0.1) is 24.0 Å². The Labute approximate surface area is 188 Å². The molecule has 1 amide bonds. The van der Waals surface area contributed by atoms with Crippen molar-refractivity contribution in [1.82, 2.24) is 15.5 Å². The zero-order valence-corrected chi connectivity index (χ0v) is 19.2. The van der Waals surface area contributed by atoms with Crippen LogP contribution in [0.4, 0.5) is 0 Å². The molecule has 154 valence electrons. The van der Waals surface area contributed by atoms with E-state index in [9.17, 15) is 4.79 Å². The summed E-state index contributed by atoms with van der Waals surface area (Å²) in [4.78, 5) is 19.2. The summed E-state index contributed by atoms with van der Waals surface area (Å²) in [6.45, 7) is 6.03. The summed E-state index contributed by atoms with van der Waals surface area (Å²) in [7, 11) is 0. The number of fused-ring (bicyclic) bond motifs is 5. The van der Waals surface area contributed by atoms with Crippen LogP contribution in [0, 0.1) is 11.8 Å². The van der Waals surface area contributed by atoms with Crippen LogP contribution in [0.3, 0.4) is 0 Å². The zero-order valence-electron chi connectivity index (χ0n) is 16.1. The molecule has 0 saturated carbocycles. The summed E-state index contributed by atoms with van der Waals surface area (Å²) < 4.78 is 6.06. The van der Waals surface area contributed by atoms with E-state index in [1.165, 1.54) is 12.8 Å². The Morgan fingerprint density at radius 3 is 2.43 bits per heavy atom. The highest BCUT2D eigenvalue weighted by Crippen LogP contribution is 2.47. The maximum atomic E-state index is 12.2. The average Bonchev–Trinajstić information content (AvgIpc) is 3.37. The summed E-state index contributed by atoms with van der Waals surface area (Å²) in [5, 5.41) is 6.94. The molecule has 1 aromatic carbocycles. The lowest BCUT2D eigenvalue weighted by atomic mass is 9.82. The topological polar surface area (TPSA) is 66.0 Å². The smallest absolute Gasteiger partial charge is 0.251 e. The normalized spacial score (nSPS) is 28.1. The molecule has 4 unspecified atom stereocenters. The van der Waals surface area contributed by atoms with E-state index in [1.54, 1.807) is 24.3 Å². The molecule has 4 atom stereocenters. The van der Waals surface area contributed by atoms with Gasteiger partial charge >= 0.3 is 0 Å². The van der Waals surface area contributed by atoms with Crippen LogP contribution >= 0.6 is 35.6 Å². The molecule has 8 heteroatoms. The van der Waals surface area contributed by atoms with Gasteiger partial charge in [-0.3, -0.25) is 9.79 Å². The van der Waals surface area contributed by atoms with Gasteiger partial charge in [-0.2, -0.15) is 0 Å². The van der Waals surface area contributed by atoms with Crippen LogP contribution in [-0.2, 0) is 4.74 Å². The van der Waals surface area contributed by atoms with Crippen molar-refractivity contribution in [2.45, 2.75) is 32.0 Å². The third kappa shape index (κ3) is 4.57. The first kappa shape index (κ1) is 21.6. The van der Waals surface area contributed by atoms with Gasteiger partial charge in [0.2, 0.25) is 0 Å². The van der Waals surface area contributed by atoms with Crippen molar-refractivity contribution in [3.05, 3.63) is 34.9 Å². The summed E-state index contributed by atoms with van der Waals surface area (Å²) >= 11 is 5.86. The molecule has 4 rings (SSSR count). The number of guanidine groups is 1. The number of hydrogen-bond donors (Lipinski definition) is 2. The summed E-state index contributed by atoms with van der Waals surface area (Å²) in [5.41, 5.74) is 0.609. The van der Waals surface area contributed by atoms with E-state index in [0.717, 1.165) is 25.6 Å². The molecule has 2 bridgehead atoms. The van der Waals surface area contributed by atoms with E-state index in [-0.39, 0.29) is 29.9 Å². The van der Waals surface area contributed by atoms with Crippen molar-refractivity contribution in [2.75, 3.05) is 32.7 Å². The largest absolute Gasteiger partial charge is 0.374 e. The first-order valence-electron chi connectivity index (χ1n) is 9.88. The average molecular weight is 519 g/mol. The van der Waals surface area contributed by atoms with Gasteiger partial charge in [-0.1, -0.05) is 11.6 Å². The van der Waals surface area contributed by atoms with E-state index in [2.05, 4.69) is 22.5 Å². The minimum absolute atomic E-state index is 0. The highest BCUT2D eigenvalue weighted by Gasteiger charge is 2.53. The van der Waals surface area contributed by atoms with Crippen molar-refractivity contribution < 1.29 is 9.53 Å². The Balaban J connectivity index is 0.00000225. The highest BCUT2D eigenvalue weighted by atomic mass is 127. The molecule has 3 heterocycles. The molecular formula is C20H28ClIN4O2. The fourth-order valence-corrected chi connectivity index (χ4v) is 4.72. The third-order valence-corrected chi connectivity index (χ3v) is 6.10. The molecule has 1 aromatic rings. The number of amides is 1. The summed E-state index contributed by atoms with van der Waals surface area (Å²) in [6.07, 6.45) is 3.33. The fraction of sp³-hybridized carbons (Fsp3) is 0.600. The molecule has 6 nitrogen and oxygen atoms in total. The van der Waals surface area contributed by atoms with Crippen LogP contribution in [-0.4, -0.2) is 61.7 Å². The molecule has 0 aromatic heterocycles. The van der Waals surface area contributed by atoms with Crippen molar-refractivity contribution in [2.24, 2.45) is 16.8 Å². The van der Waals surface area contributed by atoms with E-state index in [0.29, 0.717) is 47.7 Å². The molecule has 3 fully saturated rings. The second kappa shape index (κ2) is 9.63. The van der Waals surface area contributed by atoms with Crippen molar-refractivity contribution in [3.63, 3.8) is 0 Å². The Morgan fingerprint density at radius 2 is 1.82 bits per heavy atom. The number of carbonyl (C=O) groups excluding carboxylic acids is 1. The lowest BCUT2D eigenvalue weighted by Gasteiger charge is -2.23. The second-order valence-electron chi connectivity index (χ2n) is 7.52. The molecule has 28 heavy (non-hydrogen) atoms. The Bertz CT molecular complexity index is 697. The van der Waals surface area contributed by atoms with Gasteiger partial charge in [-0.25, -0.2) is 0 Å². The standard InChI is InChI=1S/C20H27ClN4O2.HI/c1-2-22-20(25-11-15-16(12-25)18-8-7-17(15)27-18)24-10-9-23-19(26)13-3-5-14(21)6-4-13;/h3-6,15-18H,2,7-12H2,1H3,(H,22,24)(H,23,26);1H. The van der Waals surface area contributed by atoms with Crippen molar-refractivity contribution in [1.29, 1.82) is 0 Å². The number of halogens is 2. The zero-order chi connectivity index (χ0) is 18.8.